The summed E-state index contributed by atoms with van der Waals surface area (Å²) in [5.41, 5.74) is 0.382. The van der Waals surface area contributed by atoms with Crippen molar-refractivity contribution in [3.63, 3.8) is 0 Å². The van der Waals surface area contributed by atoms with Crippen molar-refractivity contribution in [2.24, 2.45) is 40.4 Å². The average molecular weight is 361 g/mol. The highest BCUT2D eigenvalue weighted by Crippen LogP contribution is 2.66. The normalized spacial score (nSPS) is 50.5. The molecule has 0 aromatic heterocycles. The van der Waals surface area contributed by atoms with Gasteiger partial charge >= 0.3 is 5.97 Å². The predicted octanol–water partition coefficient (Wildman–Crippen LogP) is 5.17. The molecule has 0 spiro atoms. The summed E-state index contributed by atoms with van der Waals surface area (Å²) in [5, 5.41) is 0. The van der Waals surface area contributed by atoms with Crippen LogP contribution >= 0.6 is 0 Å². The van der Waals surface area contributed by atoms with Crippen LogP contribution < -0.4 is 0 Å². The first kappa shape index (κ1) is 18.5. The number of hydrogen-bond acceptors (Lipinski definition) is 3. The van der Waals surface area contributed by atoms with E-state index in [0.717, 1.165) is 37.5 Å². The van der Waals surface area contributed by atoms with Crippen LogP contribution in [0.5, 0.6) is 0 Å². The van der Waals surface area contributed by atoms with E-state index in [1.54, 1.807) is 0 Å². The van der Waals surface area contributed by atoms with Gasteiger partial charge in [-0.1, -0.05) is 27.2 Å². The molecule has 0 aromatic rings. The number of esters is 1. The molecule has 26 heavy (non-hydrogen) atoms. The number of carbonyl (C=O) groups excluding carboxylic acids is 2. The van der Waals surface area contributed by atoms with Gasteiger partial charge in [0, 0.05) is 19.3 Å². The number of fused-ring (bicyclic) bond motifs is 5. The molecule has 8 atom stereocenters. The van der Waals surface area contributed by atoms with Gasteiger partial charge in [-0.25, -0.2) is 0 Å². The molecule has 3 heteroatoms. The summed E-state index contributed by atoms with van der Waals surface area (Å²) < 4.78 is 5.54. The molecule has 3 nitrogen and oxygen atoms in total. The Bertz CT molecular complexity index is 598. The fourth-order valence-electron chi connectivity index (χ4n) is 8.15. The Balaban J connectivity index is 1.59. The zero-order chi connectivity index (χ0) is 18.7. The molecule has 0 aromatic carbocycles. The Morgan fingerprint density at radius 3 is 2.58 bits per heavy atom. The van der Waals surface area contributed by atoms with Crippen LogP contribution in [0.1, 0.15) is 85.5 Å². The first-order valence-corrected chi connectivity index (χ1v) is 11.0. The predicted molar refractivity (Wildman–Crippen MR) is 101 cm³/mol. The van der Waals surface area contributed by atoms with Crippen LogP contribution in [0.4, 0.5) is 0 Å². The standard InChI is InChI=1S/C23H36O3/c1-5-15-7-9-19-18-8-6-16-12-17(26-14(2)24)10-11-22(16,3)21(18)20(25)13-23(15,19)4/h15-19,21H,5-13H2,1-4H3/t15-,16+,17+,18-,19-,21+,22-,23+/m0/s1. The van der Waals surface area contributed by atoms with Crippen LogP contribution in [0, 0.1) is 40.4 Å². The summed E-state index contributed by atoms with van der Waals surface area (Å²) in [6, 6.07) is 0. The third-order valence-electron chi connectivity index (χ3n) is 9.32. The molecule has 146 valence electrons. The summed E-state index contributed by atoms with van der Waals surface area (Å²) in [6.07, 6.45) is 10.1. The van der Waals surface area contributed by atoms with E-state index in [4.69, 9.17) is 4.74 Å². The number of Topliss-reactive ketones (excluding diaryl/α,β-unsaturated/α-hetero) is 1. The first-order valence-electron chi connectivity index (χ1n) is 11.0. The molecule has 4 aliphatic carbocycles. The molecule has 0 unspecified atom stereocenters. The van der Waals surface area contributed by atoms with Crippen molar-refractivity contribution in [2.75, 3.05) is 0 Å². The molecular formula is C23H36O3. The summed E-state index contributed by atoms with van der Waals surface area (Å²) in [6.45, 7) is 8.65. The van der Waals surface area contributed by atoms with Crippen molar-refractivity contribution in [3.05, 3.63) is 0 Å². The van der Waals surface area contributed by atoms with Crippen molar-refractivity contribution in [1.82, 2.24) is 0 Å². The van der Waals surface area contributed by atoms with E-state index in [2.05, 4.69) is 20.8 Å². The van der Waals surface area contributed by atoms with Gasteiger partial charge < -0.3 is 4.74 Å². The monoisotopic (exact) mass is 360 g/mol. The summed E-state index contributed by atoms with van der Waals surface area (Å²) in [7, 11) is 0. The zero-order valence-electron chi connectivity index (χ0n) is 17.1. The number of ether oxygens (including phenoxy) is 1. The second kappa shape index (κ2) is 6.34. The lowest BCUT2D eigenvalue weighted by Gasteiger charge is -2.60. The summed E-state index contributed by atoms with van der Waals surface area (Å²) in [4.78, 5) is 24.8. The van der Waals surface area contributed by atoms with E-state index in [9.17, 15) is 9.59 Å². The van der Waals surface area contributed by atoms with E-state index in [-0.39, 0.29) is 28.8 Å². The molecule has 4 fully saturated rings. The van der Waals surface area contributed by atoms with Crippen molar-refractivity contribution >= 4 is 11.8 Å². The Hall–Kier alpha value is -0.860. The van der Waals surface area contributed by atoms with Crippen molar-refractivity contribution in [2.45, 2.75) is 91.6 Å². The maximum atomic E-state index is 13.5. The second-order valence-electron chi connectivity index (χ2n) is 10.4. The lowest BCUT2D eigenvalue weighted by atomic mass is 9.44. The Morgan fingerprint density at radius 1 is 1.12 bits per heavy atom. The molecule has 0 amide bonds. The van der Waals surface area contributed by atoms with Crippen LogP contribution in [0.3, 0.4) is 0 Å². The summed E-state index contributed by atoms with van der Waals surface area (Å²) >= 11 is 0. The Labute approximate surface area is 158 Å². The fourth-order valence-corrected chi connectivity index (χ4v) is 8.15. The third-order valence-corrected chi connectivity index (χ3v) is 9.32. The van der Waals surface area contributed by atoms with E-state index in [1.807, 2.05) is 0 Å². The minimum absolute atomic E-state index is 0.0713. The molecule has 4 saturated carbocycles. The minimum Gasteiger partial charge on any atom is -0.463 e. The maximum Gasteiger partial charge on any atom is 0.302 e. The van der Waals surface area contributed by atoms with Crippen LogP contribution in [-0.4, -0.2) is 17.9 Å². The van der Waals surface area contributed by atoms with E-state index in [1.165, 1.54) is 39.0 Å². The van der Waals surface area contributed by atoms with Crippen LogP contribution in [-0.2, 0) is 14.3 Å². The van der Waals surface area contributed by atoms with Crippen LogP contribution in [0.15, 0.2) is 0 Å². The molecule has 0 heterocycles. The third kappa shape index (κ3) is 2.59. The molecule has 0 N–H and O–H groups in total. The van der Waals surface area contributed by atoms with Crippen molar-refractivity contribution in [1.29, 1.82) is 0 Å². The van der Waals surface area contributed by atoms with Gasteiger partial charge in [0.05, 0.1) is 0 Å². The smallest absolute Gasteiger partial charge is 0.302 e. The first-order chi connectivity index (χ1) is 12.3. The average Bonchev–Trinajstić information content (AvgIpc) is 2.90. The largest absolute Gasteiger partial charge is 0.463 e. The van der Waals surface area contributed by atoms with E-state index < -0.39 is 0 Å². The van der Waals surface area contributed by atoms with Crippen LogP contribution in [0.2, 0.25) is 0 Å². The van der Waals surface area contributed by atoms with Gasteiger partial charge in [-0.3, -0.25) is 9.59 Å². The highest BCUT2D eigenvalue weighted by atomic mass is 16.5. The molecule has 4 rings (SSSR count). The number of carbonyl (C=O) groups is 2. The Kier molecular flexibility index (Phi) is 4.51. The second-order valence-corrected chi connectivity index (χ2v) is 10.4. The molecular weight excluding hydrogens is 324 g/mol. The topological polar surface area (TPSA) is 43.4 Å². The lowest BCUT2D eigenvalue weighted by Crippen LogP contribution is -2.57. The minimum atomic E-state index is -0.159. The van der Waals surface area contributed by atoms with Gasteiger partial charge in [0.25, 0.3) is 0 Å². The number of hydrogen-bond donors (Lipinski definition) is 0. The van der Waals surface area contributed by atoms with E-state index >= 15 is 0 Å². The van der Waals surface area contributed by atoms with Gasteiger partial charge in [0.1, 0.15) is 11.9 Å². The van der Waals surface area contributed by atoms with Gasteiger partial charge in [0.15, 0.2) is 0 Å². The zero-order valence-corrected chi connectivity index (χ0v) is 17.1. The highest BCUT2D eigenvalue weighted by molar-refractivity contribution is 5.84. The summed E-state index contributed by atoms with van der Waals surface area (Å²) in [5.74, 6) is 3.29. The molecule has 0 bridgehead atoms. The quantitative estimate of drug-likeness (QED) is 0.638. The number of rotatable bonds is 2. The lowest BCUT2D eigenvalue weighted by molar-refractivity contribution is -0.169. The highest BCUT2D eigenvalue weighted by Gasteiger charge is 2.62. The maximum absolute atomic E-state index is 13.5. The van der Waals surface area contributed by atoms with E-state index in [0.29, 0.717) is 17.6 Å². The molecule has 0 radical (unpaired) electrons. The molecule has 0 saturated heterocycles. The fraction of sp³-hybridized carbons (Fsp3) is 0.913. The Morgan fingerprint density at radius 2 is 1.88 bits per heavy atom. The van der Waals surface area contributed by atoms with Crippen molar-refractivity contribution in [3.8, 4) is 0 Å². The van der Waals surface area contributed by atoms with Gasteiger partial charge in [0.2, 0.25) is 0 Å². The SMILES string of the molecule is CC[C@H]1CC[C@H]2[C@@H]3CC[C@@H]4C[C@H](OC(C)=O)CC[C@]4(C)[C@H]3C(=O)C[C@]12C. The van der Waals surface area contributed by atoms with Gasteiger partial charge in [-0.15, -0.1) is 0 Å². The molecule has 4 aliphatic rings. The van der Waals surface area contributed by atoms with Gasteiger partial charge in [-0.2, -0.15) is 0 Å². The molecule has 0 aliphatic heterocycles. The van der Waals surface area contributed by atoms with Crippen LogP contribution in [0.25, 0.3) is 0 Å². The van der Waals surface area contributed by atoms with Gasteiger partial charge in [-0.05, 0) is 79.4 Å². The van der Waals surface area contributed by atoms with Crippen molar-refractivity contribution < 1.29 is 14.3 Å². The number of ketones is 1.